The number of ketones is 1. The molecular weight excluding hydrogens is 194 g/mol. The number of carbonyl (C=O) groups excluding carboxylic acids is 1. The molecule has 0 atom stereocenters. The van der Waals surface area contributed by atoms with E-state index in [1.807, 2.05) is 29.7 Å². The Morgan fingerprint density at radius 1 is 1.36 bits per heavy atom. The molecule has 0 aliphatic rings. The molecule has 0 aliphatic carbocycles. The summed E-state index contributed by atoms with van der Waals surface area (Å²) in [6.45, 7) is 0. The zero-order chi connectivity index (χ0) is 9.80. The van der Waals surface area contributed by atoms with Gasteiger partial charge in [0.2, 0.25) is 5.78 Å². The molecule has 2 aromatic heterocycles. The van der Waals surface area contributed by atoms with E-state index in [-0.39, 0.29) is 5.78 Å². The molecule has 0 spiro atoms. The Morgan fingerprint density at radius 3 is 2.93 bits per heavy atom. The van der Waals surface area contributed by atoms with E-state index in [0.717, 1.165) is 4.88 Å². The molecule has 0 aliphatic heterocycles. The smallest absolute Gasteiger partial charge is 0.202 e. The fourth-order valence-corrected chi connectivity index (χ4v) is 1.74. The Hall–Kier alpha value is -1.61. The summed E-state index contributed by atoms with van der Waals surface area (Å²) in [4.78, 5) is 15.4. The van der Waals surface area contributed by atoms with Crippen LogP contribution in [0.4, 0.5) is 0 Å². The molecule has 0 bridgehead atoms. The van der Waals surface area contributed by atoms with E-state index in [9.17, 15) is 4.79 Å². The van der Waals surface area contributed by atoms with Crippen molar-refractivity contribution in [3.05, 3.63) is 52.5 Å². The molecular formula is C11H9NOS. The van der Waals surface area contributed by atoms with Crippen LogP contribution >= 0.6 is 11.3 Å². The van der Waals surface area contributed by atoms with Crippen LogP contribution in [0, 0.1) is 0 Å². The Morgan fingerprint density at radius 2 is 2.29 bits per heavy atom. The third kappa shape index (κ3) is 2.00. The van der Waals surface area contributed by atoms with Crippen molar-refractivity contribution in [2.75, 3.05) is 0 Å². The average molecular weight is 203 g/mol. The summed E-state index contributed by atoms with van der Waals surface area (Å²) in [6.07, 6.45) is 5.15. The summed E-state index contributed by atoms with van der Waals surface area (Å²) in [5.41, 5.74) is 0.623. The number of nitrogens with one attached hydrogen (secondary N) is 1. The van der Waals surface area contributed by atoms with Crippen LogP contribution in [0.3, 0.4) is 0 Å². The third-order valence-electron chi connectivity index (χ3n) is 1.81. The zero-order valence-corrected chi connectivity index (χ0v) is 8.25. The van der Waals surface area contributed by atoms with E-state index >= 15 is 0 Å². The summed E-state index contributed by atoms with van der Waals surface area (Å²) in [5, 5.41) is 1.98. The number of allylic oxidation sites excluding steroid dienone is 1. The number of rotatable bonds is 3. The van der Waals surface area contributed by atoms with Crippen LogP contribution in [0.15, 0.2) is 41.9 Å². The number of hydrogen-bond acceptors (Lipinski definition) is 2. The van der Waals surface area contributed by atoms with E-state index < -0.39 is 0 Å². The number of H-pyrrole nitrogens is 1. The molecule has 2 heterocycles. The van der Waals surface area contributed by atoms with Crippen LogP contribution in [0.2, 0.25) is 0 Å². The van der Waals surface area contributed by atoms with E-state index in [4.69, 9.17) is 0 Å². The van der Waals surface area contributed by atoms with Crippen LogP contribution in [-0.4, -0.2) is 10.8 Å². The standard InChI is InChI=1S/C11H9NOS/c13-11(10-4-1-7-12-10)6-5-9-3-2-8-14-9/h1-8,12H. The lowest BCUT2D eigenvalue weighted by atomic mass is 10.2. The molecule has 0 saturated carbocycles. The first-order valence-corrected chi connectivity index (χ1v) is 5.13. The largest absolute Gasteiger partial charge is 0.359 e. The summed E-state index contributed by atoms with van der Waals surface area (Å²) < 4.78 is 0. The lowest BCUT2D eigenvalue weighted by Gasteiger charge is -1.87. The number of hydrogen-bond donors (Lipinski definition) is 1. The van der Waals surface area contributed by atoms with Crippen molar-refractivity contribution in [2.45, 2.75) is 0 Å². The third-order valence-corrected chi connectivity index (χ3v) is 2.64. The van der Waals surface area contributed by atoms with Crippen LogP contribution in [-0.2, 0) is 0 Å². The first-order valence-electron chi connectivity index (χ1n) is 4.25. The lowest BCUT2D eigenvalue weighted by Crippen LogP contribution is -1.92. The van der Waals surface area contributed by atoms with Gasteiger partial charge in [-0.25, -0.2) is 0 Å². The molecule has 3 heteroatoms. The summed E-state index contributed by atoms with van der Waals surface area (Å²) in [7, 11) is 0. The van der Waals surface area contributed by atoms with Gasteiger partial charge in [-0.1, -0.05) is 6.07 Å². The van der Waals surface area contributed by atoms with E-state index in [2.05, 4.69) is 4.98 Å². The fraction of sp³-hybridized carbons (Fsp3) is 0. The van der Waals surface area contributed by atoms with Crippen molar-refractivity contribution in [2.24, 2.45) is 0 Å². The fourth-order valence-electron chi connectivity index (χ4n) is 1.12. The van der Waals surface area contributed by atoms with Gasteiger partial charge >= 0.3 is 0 Å². The molecule has 2 aromatic rings. The first kappa shape index (κ1) is 8.97. The van der Waals surface area contributed by atoms with Gasteiger partial charge in [-0.2, -0.15) is 0 Å². The molecule has 1 N–H and O–H groups in total. The summed E-state index contributed by atoms with van der Waals surface area (Å²) >= 11 is 1.61. The van der Waals surface area contributed by atoms with Gasteiger partial charge in [0.25, 0.3) is 0 Å². The van der Waals surface area contributed by atoms with E-state index in [0.29, 0.717) is 5.69 Å². The van der Waals surface area contributed by atoms with Crippen molar-refractivity contribution in [1.29, 1.82) is 0 Å². The molecule has 0 amide bonds. The molecule has 2 nitrogen and oxygen atoms in total. The molecule has 0 radical (unpaired) electrons. The van der Waals surface area contributed by atoms with Gasteiger partial charge in [0.15, 0.2) is 0 Å². The van der Waals surface area contributed by atoms with E-state index in [1.54, 1.807) is 29.7 Å². The Bertz CT molecular complexity index is 426. The minimum absolute atomic E-state index is 0.00315. The van der Waals surface area contributed by atoms with Gasteiger partial charge in [0.1, 0.15) is 0 Å². The number of aromatic nitrogens is 1. The van der Waals surface area contributed by atoms with Crippen molar-refractivity contribution in [1.82, 2.24) is 4.98 Å². The number of carbonyl (C=O) groups is 1. The van der Waals surface area contributed by atoms with Crippen LogP contribution in [0.5, 0.6) is 0 Å². The Balaban J connectivity index is 2.09. The maximum atomic E-state index is 11.5. The van der Waals surface area contributed by atoms with Gasteiger partial charge < -0.3 is 4.98 Å². The second kappa shape index (κ2) is 4.07. The van der Waals surface area contributed by atoms with Gasteiger partial charge in [-0.15, -0.1) is 11.3 Å². The maximum absolute atomic E-state index is 11.5. The van der Waals surface area contributed by atoms with Crippen molar-refractivity contribution < 1.29 is 4.79 Å². The highest BCUT2D eigenvalue weighted by molar-refractivity contribution is 7.10. The molecule has 70 valence electrons. The molecule has 0 aromatic carbocycles. The second-order valence-electron chi connectivity index (χ2n) is 2.80. The summed E-state index contributed by atoms with van der Waals surface area (Å²) in [5.74, 6) is 0.00315. The van der Waals surface area contributed by atoms with Gasteiger partial charge in [-0.3, -0.25) is 4.79 Å². The molecule has 0 unspecified atom stereocenters. The quantitative estimate of drug-likeness (QED) is 0.603. The molecule has 0 saturated heterocycles. The number of aromatic amines is 1. The molecule has 0 fully saturated rings. The Labute approximate surface area is 85.9 Å². The average Bonchev–Trinajstić information content (AvgIpc) is 2.87. The predicted molar refractivity (Wildman–Crippen MR) is 58.5 cm³/mol. The topological polar surface area (TPSA) is 32.9 Å². The highest BCUT2D eigenvalue weighted by Crippen LogP contribution is 2.10. The highest BCUT2D eigenvalue weighted by Gasteiger charge is 2.00. The van der Waals surface area contributed by atoms with Crippen molar-refractivity contribution in [3.63, 3.8) is 0 Å². The normalized spacial score (nSPS) is 10.9. The van der Waals surface area contributed by atoms with E-state index in [1.165, 1.54) is 0 Å². The zero-order valence-electron chi connectivity index (χ0n) is 7.44. The lowest BCUT2D eigenvalue weighted by molar-refractivity contribution is 0.104. The monoisotopic (exact) mass is 203 g/mol. The van der Waals surface area contributed by atoms with Gasteiger partial charge in [-0.05, 0) is 35.7 Å². The van der Waals surface area contributed by atoms with Gasteiger partial charge in [0.05, 0.1) is 5.69 Å². The van der Waals surface area contributed by atoms with Gasteiger partial charge in [0, 0.05) is 11.1 Å². The highest BCUT2D eigenvalue weighted by atomic mass is 32.1. The van der Waals surface area contributed by atoms with Crippen molar-refractivity contribution >= 4 is 23.2 Å². The SMILES string of the molecule is O=C(C=Cc1cccs1)c1ccc[nH]1. The van der Waals surface area contributed by atoms with Crippen LogP contribution in [0.1, 0.15) is 15.4 Å². The first-order chi connectivity index (χ1) is 6.86. The van der Waals surface area contributed by atoms with Crippen molar-refractivity contribution in [3.8, 4) is 0 Å². The predicted octanol–water partition coefficient (Wildman–Crippen LogP) is 2.97. The minimum Gasteiger partial charge on any atom is -0.359 e. The molecule has 14 heavy (non-hydrogen) atoms. The Kier molecular flexibility index (Phi) is 2.60. The second-order valence-corrected chi connectivity index (χ2v) is 3.78. The maximum Gasteiger partial charge on any atom is 0.202 e. The summed E-state index contributed by atoms with van der Waals surface area (Å²) in [6, 6.07) is 7.51. The van der Waals surface area contributed by atoms with Crippen LogP contribution in [0.25, 0.3) is 6.08 Å². The van der Waals surface area contributed by atoms with Crippen LogP contribution < -0.4 is 0 Å². The molecule has 2 rings (SSSR count). The minimum atomic E-state index is 0.00315. The number of thiophene rings is 1.